The highest BCUT2D eigenvalue weighted by molar-refractivity contribution is 6.03. The van der Waals surface area contributed by atoms with Gasteiger partial charge in [0.2, 0.25) is 5.79 Å². The van der Waals surface area contributed by atoms with Gasteiger partial charge in [0, 0.05) is 49.8 Å². The van der Waals surface area contributed by atoms with E-state index in [1.165, 1.54) is 41.3 Å². The van der Waals surface area contributed by atoms with Crippen LogP contribution in [-0.4, -0.2) is 69.1 Å². The van der Waals surface area contributed by atoms with Gasteiger partial charge in [-0.25, -0.2) is 9.18 Å². The Morgan fingerprint density at radius 2 is 1.61 bits per heavy atom. The lowest BCUT2D eigenvalue weighted by molar-refractivity contribution is -0.384. The molecule has 0 unspecified atom stereocenters. The van der Waals surface area contributed by atoms with Crippen LogP contribution in [0.25, 0.3) is 0 Å². The molecule has 0 aromatic heterocycles. The summed E-state index contributed by atoms with van der Waals surface area (Å²) in [7, 11) is 0. The number of unbranched alkanes of at least 4 members (excludes halogenated alkanes) is 2. The normalized spacial score (nSPS) is 22.4. The van der Waals surface area contributed by atoms with Crippen LogP contribution in [0.5, 0.6) is 23.0 Å². The quantitative estimate of drug-likeness (QED) is 0.0401. The molecule has 7 rings (SSSR count). The van der Waals surface area contributed by atoms with Crippen LogP contribution in [0.1, 0.15) is 93.9 Å². The fraction of sp³-hybridized carbons (Fsp3) is 0.434. The highest BCUT2D eigenvalue weighted by atomic mass is 19.1. The van der Waals surface area contributed by atoms with Gasteiger partial charge in [0.1, 0.15) is 40.5 Å². The van der Waals surface area contributed by atoms with Crippen molar-refractivity contribution >= 4 is 17.5 Å². The van der Waals surface area contributed by atoms with Crippen molar-refractivity contribution < 1.29 is 48.1 Å². The third-order valence-electron chi connectivity index (χ3n) is 12.9. The molecule has 356 valence electrons. The predicted molar refractivity (Wildman–Crippen MR) is 253 cm³/mol. The van der Waals surface area contributed by atoms with E-state index < -0.39 is 40.2 Å². The molecular weight excluding hydrogens is 858 g/mol. The van der Waals surface area contributed by atoms with E-state index in [4.69, 9.17) is 28.9 Å². The number of benzene rings is 4. The Bertz CT molecular complexity index is 2450. The van der Waals surface area contributed by atoms with Crippen molar-refractivity contribution in [2.24, 2.45) is 22.9 Å². The van der Waals surface area contributed by atoms with Gasteiger partial charge in [-0.2, -0.15) is 0 Å². The number of carbonyl (C=O) groups is 1. The highest BCUT2D eigenvalue weighted by Gasteiger charge is 2.66. The van der Waals surface area contributed by atoms with Gasteiger partial charge in [0.05, 0.1) is 23.2 Å². The highest BCUT2D eigenvalue weighted by Crippen LogP contribution is 2.62. The van der Waals surface area contributed by atoms with Gasteiger partial charge in [-0.15, -0.1) is 6.58 Å². The average molecular weight is 920 g/mol. The monoisotopic (exact) mass is 919 g/mol. The molecule has 67 heavy (non-hydrogen) atoms. The predicted octanol–water partition coefficient (Wildman–Crippen LogP) is 11.3. The maximum absolute atomic E-state index is 15.0. The van der Waals surface area contributed by atoms with Gasteiger partial charge in [0.25, 0.3) is 5.69 Å². The smallest absolute Gasteiger partial charge is 0.416 e. The summed E-state index contributed by atoms with van der Waals surface area (Å²) in [5, 5.41) is 36.4. The van der Waals surface area contributed by atoms with E-state index in [0.717, 1.165) is 47.9 Å². The number of allylic oxidation sites excluding steroid dienone is 1. The first-order chi connectivity index (χ1) is 32.1. The second kappa shape index (κ2) is 21.3. The molecule has 3 aliphatic rings. The molecule has 1 amide bonds. The van der Waals surface area contributed by atoms with Crippen LogP contribution in [0, 0.1) is 47.5 Å². The molecule has 2 aliphatic carbocycles. The van der Waals surface area contributed by atoms with Crippen LogP contribution in [0.3, 0.4) is 0 Å². The maximum Gasteiger partial charge on any atom is 0.416 e. The number of ether oxygens (including phenoxy) is 4. The number of nitro groups is 1. The molecule has 0 bridgehead atoms. The molecule has 6 atom stereocenters. The fourth-order valence-electron chi connectivity index (χ4n) is 9.70. The molecule has 13 nitrogen and oxygen atoms in total. The first kappa shape index (κ1) is 48.8. The van der Waals surface area contributed by atoms with Crippen molar-refractivity contribution in [2.45, 2.75) is 109 Å². The minimum absolute atomic E-state index is 0.00678. The summed E-state index contributed by atoms with van der Waals surface area (Å²) >= 11 is 0. The number of hydrogen-bond acceptors (Lipinski definition) is 11. The molecule has 2 N–H and O–H groups in total. The van der Waals surface area contributed by atoms with Gasteiger partial charge >= 0.3 is 6.09 Å². The summed E-state index contributed by atoms with van der Waals surface area (Å²) in [6.07, 6.45) is 7.37. The van der Waals surface area contributed by atoms with Crippen LogP contribution in [0.15, 0.2) is 114 Å². The van der Waals surface area contributed by atoms with E-state index >= 15 is 4.79 Å². The second-order valence-electron chi connectivity index (χ2n) is 18.7. The molecule has 1 fully saturated rings. The minimum Gasteiger partial charge on any atom is -0.459 e. The summed E-state index contributed by atoms with van der Waals surface area (Å²) in [6, 6.07) is 21.8. The van der Waals surface area contributed by atoms with E-state index in [1.807, 2.05) is 64.1 Å². The van der Waals surface area contributed by atoms with E-state index in [2.05, 4.69) is 19.6 Å². The van der Waals surface area contributed by atoms with Crippen molar-refractivity contribution in [2.75, 3.05) is 19.8 Å². The SMILES string of the molecule is C=CCO[C@@]12Oc3ccc(Oc4ccc(C)c(C)c4)cc3[C@H]3[C@H](CCCCO)[C@@H](CCCCO)C=C(C(=NOC(C)(C)C)C[C@@H]1N(Cc1ccc(F)cc1)C(=O)Oc1ccc([N+](=O)[O-])cc1)[C@H]32. The number of fused-ring (bicyclic) bond motifs is 2. The standard InChI is InChI=1S/C53H62FN3O10/c1-7-28-63-53-48(56(33-36-15-17-38(54)18-16-36)51(60)65-40-22-19-39(20-23-40)57(61)62)32-46(55-67-52(4,5)6)44-30-37(12-8-10-26-58)43(13-9-11-27-59)49(50(44)53)45-31-42(24-25-47(45)66-53)64-41-21-14-34(2)35(3)29-41/h7,14-25,29-31,37,43,48-50,58-59H,1,8-13,26-28,32-33H2,2-6H3/t37-,43+,48-,49+,50+,53+/m0/s1. The van der Waals surface area contributed by atoms with E-state index in [-0.39, 0.29) is 62.0 Å². The summed E-state index contributed by atoms with van der Waals surface area (Å²) in [5.74, 6) is -1.22. The number of aliphatic hydroxyl groups excluding tert-OH is 2. The summed E-state index contributed by atoms with van der Waals surface area (Å²) in [6.45, 7) is 13.9. The first-order valence-corrected chi connectivity index (χ1v) is 23.1. The number of halogens is 1. The number of oxime groups is 1. The number of non-ortho nitro benzene ring substituents is 1. The number of amides is 1. The zero-order chi connectivity index (χ0) is 47.9. The van der Waals surface area contributed by atoms with E-state index in [9.17, 15) is 24.7 Å². The Hall–Kier alpha value is -6.09. The van der Waals surface area contributed by atoms with E-state index in [0.29, 0.717) is 41.4 Å². The number of carbonyl (C=O) groups excluding carboxylic acids is 1. The summed E-state index contributed by atoms with van der Waals surface area (Å²) < 4.78 is 41.5. The molecule has 1 heterocycles. The number of hydrogen-bond donors (Lipinski definition) is 2. The van der Waals surface area contributed by atoms with Crippen molar-refractivity contribution in [1.29, 1.82) is 0 Å². The lowest BCUT2D eigenvalue weighted by Gasteiger charge is -2.60. The number of nitrogens with zero attached hydrogens (tertiary/aromatic N) is 3. The molecule has 4 aromatic rings. The molecule has 0 saturated heterocycles. The number of aliphatic hydroxyl groups is 2. The zero-order valence-corrected chi connectivity index (χ0v) is 39.0. The van der Waals surface area contributed by atoms with Gasteiger partial charge in [-0.1, -0.05) is 48.3 Å². The molecular formula is C53H62FN3O10. The Morgan fingerprint density at radius 1 is 0.940 bits per heavy atom. The average Bonchev–Trinajstić information content (AvgIpc) is 3.30. The number of nitro benzene ring substituents is 1. The van der Waals surface area contributed by atoms with Crippen molar-refractivity contribution in [3.05, 3.63) is 147 Å². The lowest BCUT2D eigenvalue weighted by Crippen LogP contribution is -2.70. The van der Waals surface area contributed by atoms with Gasteiger partial charge < -0.3 is 34.0 Å². The molecule has 1 aliphatic heterocycles. The van der Waals surface area contributed by atoms with Gasteiger partial charge in [-0.05, 0) is 149 Å². The van der Waals surface area contributed by atoms with Crippen LogP contribution < -0.4 is 14.2 Å². The molecule has 4 aromatic carbocycles. The van der Waals surface area contributed by atoms with Crippen molar-refractivity contribution in [3.63, 3.8) is 0 Å². The number of aryl methyl sites for hydroxylation is 2. The van der Waals surface area contributed by atoms with Crippen LogP contribution >= 0.6 is 0 Å². The Balaban J connectivity index is 1.47. The largest absolute Gasteiger partial charge is 0.459 e. The maximum atomic E-state index is 15.0. The fourth-order valence-corrected chi connectivity index (χ4v) is 9.70. The topological polar surface area (TPSA) is 162 Å². The Kier molecular flexibility index (Phi) is 15.5. The summed E-state index contributed by atoms with van der Waals surface area (Å²) in [4.78, 5) is 33.8. The molecule has 14 heteroatoms. The first-order valence-electron chi connectivity index (χ1n) is 23.1. The third kappa shape index (κ3) is 11.2. The van der Waals surface area contributed by atoms with Crippen LogP contribution in [0.4, 0.5) is 14.9 Å². The lowest BCUT2D eigenvalue weighted by atomic mass is 9.55. The van der Waals surface area contributed by atoms with Gasteiger partial charge in [-0.3, -0.25) is 15.0 Å². The van der Waals surface area contributed by atoms with Crippen LogP contribution in [0.2, 0.25) is 0 Å². The zero-order valence-electron chi connectivity index (χ0n) is 39.0. The van der Waals surface area contributed by atoms with Crippen molar-refractivity contribution in [1.82, 2.24) is 4.90 Å². The minimum atomic E-state index is -1.63. The Morgan fingerprint density at radius 3 is 2.27 bits per heavy atom. The second-order valence-corrected chi connectivity index (χ2v) is 18.7. The molecule has 1 saturated carbocycles. The molecule has 0 spiro atoms. The Labute approximate surface area is 392 Å². The third-order valence-corrected chi connectivity index (χ3v) is 12.9. The van der Waals surface area contributed by atoms with Crippen LogP contribution in [-0.2, 0) is 16.1 Å². The van der Waals surface area contributed by atoms with Gasteiger partial charge in [0.15, 0.2) is 0 Å². The summed E-state index contributed by atoms with van der Waals surface area (Å²) in [5.41, 5.74) is 4.26. The number of rotatable bonds is 19. The van der Waals surface area contributed by atoms with E-state index in [1.54, 1.807) is 18.2 Å². The van der Waals surface area contributed by atoms with Crippen molar-refractivity contribution in [3.8, 4) is 23.0 Å². The molecule has 0 radical (unpaired) electrons.